The van der Waals surface area contributed by atoms with Gasteiger partial charge in [0.05, 0.1) is 7.11 Å². The van der Waals surface area contributed by atoms with E-state index in [0.29, 0.717) is 10.6 Å². The second kappa shape index (κ2) is 6.49. The molecule has 0 saturated heterocycles. The summed E-state index contributed by atoms with van der Waals surface area (Å²) >= 11 is 1.22. The van der Waals surface area contributed by atoms with Gasteiger partial charge in [0, 0.05) is 23.0 Å². The SMILES string of the molecule is COc1nccnc1C(O)CSc1ccccc1F. The highest BCUT2D eigenvalue weighted by Crippen LogP contribution is 2.28. The van der Waals surface area contributed by atoms with Crippen molar-refractivity contribution in [3.05, 3.63) is 48.2 Å². The van der Waals surface area contributed by atoms with Crippen molar-refractivity contribution in [2.24, 2.45) is 0 Å². The van der Waals surface area contributed by atoms with E-state index in [1.807, 2.05) is 0 Å². The van der Waals surface area contributed by atoms with Crippen LogP contribution in [0.3, 0.4) is 0 Å². The molecule has 0 saturated carbocycles. The van der Waals surface area contributed by atoms with Crippen molar-refractivity contribution in [3.8, 4) is 5.88 Å². The molecule has 0 radical (unpaired) electrons. The standard InChI is InChI=1S/C13H13FN2O2S/c1-18-13-12(15-6-7-16-13)10(17)8-19-11-5-3-2-4-9(11)14/h2-7,10,17H,8H2,1H3. The number of benzene rings is 1. The highest BCUT2D eigenvalue weighted by Gasteiger charge is 2.16. The Kier molecular flexibility index (Phi) is 4.70. The van der Waals surface area contributed by atoms with Crippen LogP contribution in [0, 0.1) is 5.82 Å². The van der Waals surface area contributed by atoms with Crippen LogP contribution >= 0.6 is 11.8 Å². The summed E-state index contributed by atoms with van der Waals surface area (Å²) < 4.78 is 18.5. The Bertz CT molecular complexity index is 554. The fourth-order valence-corrected chi connectivity index (χ4v) is 2.41. The van der Waals surface area contributed by atoms with Crippen LogP contribution < -0.4 is 4.74 Å². The predicted molar refractivity (Wildman–Crippen MR) is 70.7 cm³/mol. The lowest BCUT2D eigenvalue weighted by Crippen LogP contribution is -2.07. The van der Waals surface area contributed by atoms with E-state index in [1.54, 1.807) is 18.2 Å². The highest BCUT2D eigenvalue weighted by atomic mass is 32.2. The second-order valence-corrected chi connectivity index (χ2v) is 4.77. The molecule has 0 bridgehead atoms. The van der Waals surface area contributed by atoms with Crippen molar-refractivity contribution in [2.45, 2.75) is 11.0 Å². The van der Waals surface area contributed by atoms with Gasteiger partial charge in [-0.15, -0.1) is 11.8 Å². The zero-order valence-corrected chi connectivity index (χ0v) is 11.1. The second-order valence-electron chi connectivity index (χ2n) is 3.71. The number of hydrogen-bond acceptors (Lipinski definition) is 5. The van der Waals surface area contributed by atoms with Crippen molar-refractivity contribution in [1.29, 1.82) is 0 Å². The average Bonchev–Trinajstić information content (AvgIpc) is 2.46. The first-order chi connectivity index (χ1) is 9.22. The van der Waals surface area contributed by atoms with Crippen LogP contribution in [0.1, 0.15) is 11.8 Å². The number of aliphatic hydroxyl groups excluding tert-OH is 1. The van der Waals surface area contributed by atoms with E-state index < -0.39 is 6.10 Å². The summed E-state index contributed by atoms with van der Waals surface area (Å²) in [6.07, 6.45) is 2.10. The molecule has 0 aliphatic rings. The molecule has 0 spiro atoms. The van der Waals surface area contributed by atoms with Gasteiger partial charge in [-0.3, -0.25) is 4.98 Å². The van der Waals surface area contributed by atoms with Gasteiger partial charge in [0.1, 0.15) is 17.6 Å². The minimum atomic E-state index is -0.867. The fourth-order valence-electron chi connectivity index (χ4n) is 1.53. The number of thioether (sulfide) groups is 1. The largest absolute Gasteiger partial charge is 0.480 e. The number of halogens is 1. The monoisotopic (exact) mass is 280 g/mol. The van der Waals surface area contributed by atoms with Crippen molar-refractivity contribution in [1.82, 2.24) is 9.97 Å². The minimum Gasteiger partial charge on any atom is -0.480 e. The summed E-state index contributed by atoms with van der Waals surface area (Å²) in [6.45, 7) is 0. The van der Waals surface area contributed by atoms with E-state index in [0.717, 1.165) is 0 Å². The lowest BCUT2D eigenvalue weighted by Gasteiger charge is -2.12. The third-order valence-corrected chi connectivity index (χ3v) is 3.56. The Morgan fingerprint density at radius 2 is 2.05 bits per heavy atom. The van der Waals surface area contributed by atoms with Gasteiger partial charge in [-0.1, -0.05) is 12.1 Å². The van der Waals surface area contributed by atoms with E-state index in [2.05, 4.69) is 9.97 Å². The van der Waals surface area contributed by atoms with Crippen LogP contribution in [0.2, 0.25) is 0 Å². The van der Waals surface area contributed by atoms with Crippen molar-refractivity contribution >= 4 is 11.8 Å². The molecule has 1 heterocycles. The quantitative estimate of drug-likeness (QED) is 0.853. The zero-order valence-electron chi connectivity index (χ0n) is 10.3. The summed E-state index contributed by atoms with van der Waals surface area (Å²) in [7, 11) is 1.46. The van der Waals surface area contributed by atoms with E-state index >= 15 is 0 Å². The molecule has 0 aliphatic heterocycles. The van der Waals surface area contributed by atoms with Crippen LogP contribution in [-0.2, 0) is 0 Å². The molecule has 6 heteroatoms. The summed E-state index contributed by atoms with van der Waals surface area (Å²) in [5, 5.41) is 10.1. The molecule has 2 aromatic rings. The smallest absolute Gasteiger partial charge is 0.238 e. The molecular formula is C13H13FN2O2S. The Balaban J connectivity index is 2.05. The summed E-state index contributed by atoms with van der Waals surface area (Å²) in [5.74, 6) is 0.255. The Morgan fingerprint density at radius 1 is 1.32 bits per heavy atom. The van der Waals surface area contributed by atoms with Crippen LogP contribution in [0.15, 0.2) is 41.6 Å². The number of aliphatic hydroxyl groups is 1. The molecule has 1 aromatic heterocycles. The van der Waals surface area contributed by atoms with E-state index in [4.69, 9.17) is 4.74 Å². The lowest BCUT2D eigenvalue weighted by atomic mass is 10.3. The van der Waals surface area contributed by atoms with Gasteiger partial charge in [0.25, 0.3) is 0 Å². The molecule has 4 nitrogen and oxygen atoms in total. The van der Waals surface area contributed by atoms with Crippen molar-refractivity contribution in [2.75, 3.05) is 12.9 Å². The van der Waals surface area contributed by atoms with Crippen LogP contribution in [-0.4, -0.2) is 27.9 Å². The van der Waals surface area contributed by atoms with Gasteiger partial charge < -0.3 is 9.84 Å². The normalized spacial score (nSPS) is 12.2. The first kappa shape index (κ1) is 13.8. The predicted octanol–water partition coefficient (Wildman–Crippen LogP) is 2.45. The van der Waals surface area contributed by atoms with Crippen molar-refractivity contribution < 1.29 is 14.2 Å². The topological polar surface area (TPSA) is 55.2 Å². The van der Waals surface area contributed by atoms with Gasteiger partial charge in [-0.05, 0) is 12.1 Å². The third-order valence-electron chi connectivity index (χ3n) is 2.43. The van der Waals surface area contributed by atoms with Gasteiger partial charge in [-0.2, -0.15) is 0 Å². The van der Waals surface area contributed by atoms with Gasteiger partial charge in [-0.25, -0.2) is 9.37 Å². The summed E-state index contributed by atoms with van der Waals surface area (Å²) in [4.78, 5) is 8.49. The first-order valence-electron chi connectivity index (χ1n) is 5.62. The molecule has 2 rings (SSSR count). The number of methoxy groups -OCH3 is 1. The van der Waals surface area contributed by atoms with Gasteiger partial charge >= 0.3 is 0 Å². The molecule has 19 heavy (non-hydrogen) atoms. The number of aromatic nitrogens is 2. The Morgan fingerprint density at radius 3 is 2.79 bits per heavy atom. The highest BCUT2D eigenvalue weighted by molar-refractivity contribution is 7.99. The van der Waals surface area contributed by atoms with Crippen LogP contribution in [0.5, 0.6) is 5.88 Å². The summed E-state index contributed by atoms with van der Waals surface area (Å²) in [5.41, 5.74) is 0.355. The van der Waals surface area contributed by atoms with Crippen LogP contribution in [0.25, 0.3) is 0 Å². The maximum absolute atomic E-state index is 13.4. The van der Waals surface area contributed by atoms with Gasteiger partial charge in [0.15, 0.2) is 0 Å². The molecule has 1 aromatic carbocycles. The lowest BCUT2D eigenvalue weighted by molar-refractivity contribution is 0.192. The number of hydrogen-bond donors (Lipinski definition) is 1. The molecule has 1 unspecified atom stereocenters. The van der Waals surface area contributed by atoms with Crippen molar-refractivity contribution in [3.63, 3.8) is 0 Å². The molecule has 0 amide bonds. The maximum Gasteiger partial charge on any atom is 0.238 e. The number of ether oxygens (including phenoxy) is 1. The Hall–Kier alpha value is -1.66. The zero-order chi connectivity index (χ0) is 13.7. The fraction of sp³-hybridized carbons (Fsp3) is 0.231. The number of rotatable bonds is 5. The molecule has 1 N–H and O–H groups in total. The third kappa shape index (κ3) is 3.42. The summed E-state index contributed by atoms with van der Waals surface area (Å²) in [6, 6.07) is 6.43. The molecule has 100 valence electrons. The first-order valence-corrected chi connectivity index (χ1v) is 6.61. The number of nitrogens with zero attached hydrogens (tertiary/aromatic N) is 2. The van der Waals surface area contributed by atoms with Crippen LogP contribution in [0.4, 0.5) is 4.39 Å². The van der Waals surface area contributed by atoms with E-state index in [9.17, 15) is 9.50 Å². The molecule has 0 fully saturated rings. The average molecular weight is 280 g/mol. The molecular weight excluding hydrogens is 267 g/mol. The molecule has 0 aliphatic carbocycles. The molecule has 1 atom stereocenters. The van der Waals surface area contributed by atoms with Gasteiger partial charge in [0.2, 0.25) is 5.88 Å². The Labute approximate surface area is 114 Å². The van der Waals surface area contributed by atoms with E-state index in [1.165, 1.54) is 37.3 Å². The minimum absolute atomic E-state index is 0.274. The van der Waals surface area contributed by atoms with E-state index in [-0.39, 0.29) is 17.5 Å². The maximum atomic E-state index is 13.4.